The number of aliphatic hydroxyl groups is 1. The molecule has 1 aromatic heterocycles. The molecule has 0 fully saturated rings. The van der Waals surface area contributed by atoms with Gasteiger partial charge in [-0.1, -0.05) is 60.5 Å². The lowest BCUT2D eigenvalue weighted by Gasteiger charge is -2.35. The topological polar surface area (TPSA) is 108 Å². The number of carbonyl (C=O) groups excluding carboxylic acids is 2. The third kappa shape index (κ3) is 3.98. The summed E-state index contributed by atoms with van der Waals surface area (Å²) >= 11 is 0. The van der Waals surface area contributed by atoms with Gasteiger partial charge in [0, 0.05) is 23.2 Å². The number of fused-ring (bicyclic) bond motifs is 2. The van der Waals surface area contributed by atoms with Gasteiger partial charge in [0.25, 0.3) is 5.91 Å². The molecular formula is C27H22N4O4. The average molecular weight is 466 g/mol. The minimum absolute atomic E-state index is 0.00939. The number of rotatable bonds is 5. The number of aromatic amines is 1. The van der Waals surface area contributed by atoms with Crippen LogP contribution in [0.4, 0.5) is 4.79 Å². The Hall–Kier alpha value is -4.61. The summed E-state index contributed by atoms with van der Waals surface area (Å²) in [5.41, 5.74) is 1.73. The number of imidazole rings is 1. The van der Waals surface area contributed by atoms with Crippen molar-refractivity contribution in [2.24, 2.45) is 0 Å². The molecule has 1 atom stereocenters. The van der Waals surface area contributed by atoms with Crippen LogP contribution in [-0.4, -0.2) is 38.5 Å². The summed E-state index contributed by atoms with van der Waals surface area (Å²) in [7, 11) is 0. The van der Waals surface area contributed by atoms with Crippen molar-refractivity contribution in [3.8, 4) is 17.9 Å². The van der Waals surface area contributed by atoms with Crippen molar-refractivity contribution in [2.75, 3.05) is 6.54 Å². The van der Waals surface area contributed by atoms with E-state index in [0.29, 0.717) is 27.7 Å². The quantitative estimate of drug-likeness (QED) is 0.390. The van der Waals surface area contributed by atoms with E-state index >= 15 is 0 Å². The van der Waals surface area contributed by atoms with E-state index in [2.05, 4.69) is 27.1 Å². The van der Waals surface area contributed by atoms with Crippen LogP contribution in [0, 0.1) is 11.8 Å². The van der Waals surface area contributed by atoms with Crippen molar-refractivity contribution < 1.29 is 19.4 Å². The molecule has 8 heteroatoms. The van der Waals surface area contributed by atoms with Crippen LogP contribution in [0.3, 0.4) is 0 Å². The monoisotopic (exact) mass is 466 g/mol. The van der Waals surface area contributed by atoms with E-state index in [9.17, 15) is 14.7 Å². The third-order valence-corrected chi connectivity index (χ3v) is 5.90. The van der Waals surface area contributed by atoms with Gasteiger partial charge in [-0.25, -0.2) is 4.79 Å². The summed E-state index contributed by atoms with van der Waals surface area (Å²) in [5.74, 6) is 5.14. The van der Waals surface area contributed by atoms with Gasteiger partial charge in [0.05, 0.1) is 17.6 Å². The zero-order chi connectivity index (χ0) is 24.4. The van der Waals surface area contributed by atoms with E-state index in [4.69, 9.17) is 4.74 Å². The number of hydrogen-bond donors (Lipinski definition) is 3. The zero-order valence-corrected chi connectivity index (χ0v) is 18.9. The summed E-state index contributed by atoms with van der Waals surface area (Å²) in [6.45, 7) is 2.06. The normalized spacial score (nSPS) is 16.5. The second-order valence-electron chi connectivity index (χ2n) is 8.04. The number of ether oxygens (including phenoxy) is 1. The Morgan fingerprint density at radius 2 is 1.91 bits per heavy atom. The van der Waals surface area contributed by atoms with Crippen LogP contribution in [0.1, 0.15) is 34.0 Å². The Labute approximate surface area is 201 Å². The highest BCUT2D eigenvalue weighted by atomic mass is 16.6. The average Bonchev–Trinajstić information content (AvgIpc) is 3.37. The third-order valence-electron chi connectivity index (χ3n) is 5.90. The lowest BCUT2D eigenvalue weighted by atomic mass is 9.93. The van der Waals surface area contributed by atoms with Crippen LogP contribution in [0.5, 0.6) is 6.01 Å². The number of hydrogen-bond acceptors (Lipinski definition) is 5. The van der Waals surface area contributed by atoms with E-state index < -0.39 is 11.8 Å². The molecule has 3 aromatic carbocycles. The highest BCUT2D eigenvalue weighted by Crippen LogP contribution is 2.43. The van der Waals surface area contributed by atoms with Crippen molar-refractivity contribution in [3.05, 3.63) is 95.1 Å². The van der Waals surface area contributed by atoms with Crippen molar-refractivity contribution in [1.29, 1.82) is 0 Å². The van der Waals surface area contributed by atoms with Crippen molar-refractivity contribution in [1.82, 2.24) is 20.2 Å². The second-order valence-corrected chi connectivity index (χ2v) is 8.04. The Morgan fingerprint density at radius 1 is 1.14 bits per heavy atom. The van der Waals surface area contributed by atoms with E-state index in [1.165, 1.54) is 4.90 Å². The molecule has 2 amide bonds. The maximum atomic E-state index is 13.4. The maximum Gasteiger partial charge on any atom is 0.415 e. The summed E-state index contributed by atoms with van der Waals surface area (Å²) in [4.78, 5) is 34.0. The summed E-state index contributed by atoms with van der Waals surface area (Å²) in [6.07, 6.45) is -0.685. The molecule has 4 aromatic rings. The van der Waals surface area contributed by atoms with Gasteiger partial charge in [0.2, 0.25) is 0 Å². The van der Waals surface area contributed by atoms with Gasteiger partial charge in [0.1, 0.15) is 0 Å². The molecule has 1 aliphatic rings. The Bertz CT molecular complexity index is 1490. The number of benzene rings is 3. The molecule has 0 aliphatic carbocycles. The number of H-pyrrole nitrogens is 1. The van der Waals surface area contributed by atoms with Gasteiger partial charge in [-0.15, -0.1) is 5.92 Å². The zero-order valence-electron chi connectivity index (χ0n) is 18.9. The van der Waals surface area contributed by atoms with Crippen molar-refractivity contribution >= 4 is 23.0 Å². The first-order valence-electron chi connectivity index (χ1n) is 11.0. The van der Waals surface area contributed by atoms with Crippen LogP contribution in [0.25, 0.3) is 11.0 Å². The molecule has 0 spiro atoms. The predicted octanol–water partition coefficient (Wildman–Crippen LogP) is 3.52. The van der Waals surface area contributed by atoms with Gasteiger partial charge in [-0.3, -0.25) is 9.69 Å². The van der Waals surface area contributed by atoms with E-state index in [1.54, 1.807) is 49.4 Å². The Balaban J connectivity index is 1.51. The fourth-order valence-corrected chi connectivity index (χ4v) is 4.25. The van der Waals surface area contributed by atoms with Gasteiger partial charge in [-0.2, -0.15) is 4.98 Å². The fourth-order valence-electron chi connectivity index (χ4n) is 4.25. The van der Waals surface area contributed by atoms with Gasteiger partial charge >= 0.3 is 12.1 Å². The summed E-state index contributed by atoms with van der Waals surface area (Å²) < 4.78 is 5.20. The second kappa shape index (κ2) is 8.97. The maximum absolute atomic E-state index is 13.4. The van der Waals surface area contributed by atoms with Gasteiger partial charge in [-0.05, 0) is 30.7 Å². The molecule has 2 heterocycles. The molecule has 8 nitrogen and oxygen atoms in total. The van der Waals surface area contributed by atoms with E-state index in [-0.39, 0.29) is 25.0 Å². The summed E-state index contributed by atoms with van der Waals surface area (Å²) in [6, 6.07) is 21.7. The van der Waals surface area contributed by atoms with Gasteiger partial charge < -0.3 is 20.1 Å². The molecule has 35 heavy (non-hydrogen) atoms. The molecule has 1 unspecified atom stereocenters. The number of carbonyl (C=O) groups is 2. The molecule has 3 N–H and O–H groups in total. The lowest BCUT2D eigenvalue weighted by molar-refractivity contribution is -0.0542. The first-order valence-corrected chi connectivity index (χ1v) is 11.0. The molecular weight excluding hydrogens is 444 g/mol. The lowest BCUT2D eigenvalue weighted by Crippen LogP contribution is -2.44. The highest BCUT2D eigenvalue weighted by molar-refractivity contribution is 6.00. The molecule has 0 bridgehead atoms. The minimum atomic E-state index is -1.69. The van der Waals surface area contributed by atoms with Crippen LogP contribution >= 0.6 is 0 Å². The highest BCUT2D eigenvalue weighted by Gasteiger charge is 2.49. The largest absolute Gasteiger partial charge is 0.415 e. The minimum Gasteiger partial charge on any atom is -0.375 e. The van der Waals surface area contributed by atoms with Crippen LogP contribution in [0.2, 0.25) is 0 Å². The molecule has 174 valence electrons. The van der Waals surface area contributed by atoms with Crippen LogP contribution in [-0.2, 0) is 12.3 Å². The summed E-state index contributed by atoms with van der Waals surface area (Å²) in [5, 5.41) is 14.6. The molecule has 0 saturated heterocycles. The SMILES string of the molecule is CC#CCNC(=O)Oc1nc2ccc(C3(O)c4ccccc4C(=O)N3Cc3ccccc3)cc2[nH]1. The van der Waals surface area contributed by atoms with Crippen molar-refractivity contribution in [3.63, 3.8) is 0 Å². The number of nitrogens with one attached hydrogen (secondary N) is 2. The molecule has 0 radical (unpaired) electrons. The Kier molecular flexibility index (Phi) is 5.69. The number of nitrogens with zero attached hydrogens (tertiary/aromatic N) is 2. The van der Waals surface area contributed by atoms with Gasteiger partial charge in [0.15, 0.2) is 5.72 Å². The van der Waals surface area contributed by atoms with Crippen molar-refractivity contribution in [2.45, 2.75) is 19.2 Å². The smallest absolute Gasteiger partial charge is 0.375 e. The Morgan fingerprint density at radius 3 is 2.71 bits per heavy atom. The molecule has 0 saturated carbocycles. The number of aromatic nitrogens is 2. The first kappa shape index (κ1) is 22.2. The van der Waals surface area contributed by atoms with Crippen LogP contribution in [0.15, 0.2) is 72.8 Å². The van der Waals surface area contributed by atoms with Crippen LogP contribution < -0.4 is 10.1 Å². The molecule has 5 rings (SSSR count). The fraction of sp³-hybridized carbons (Fsp3) is 0.148. The predicted molar refractivity (Wildman–Crippen MR) is 129 cm³/mol. The number of amides is 2. The van der Waals surface area contributed by atoms with E-state index in [0.717, 1.165) is 5.56 Å². The van der Waals surface area contributed by atoms with E-state index in [1.807, 2.05) is 30.3 Å². The molecule has 1 aliphatic heterocycles. The first-order chi connectivity index (χ1) is 17.0. The standard InChI is InChI=1S/C27H22N4O4/c1-2-3-15-28-26(33)35-25-29-22-14-13-19(16-23(22)30-25)27(34)21-12-8-7-11-20(21)24(32)31(27)17-18-9-5-4-6-10-18/h4-14,16,34H,15,17H2,1H3,(H,28,33)(H,29,30).